The molecule has 1 aliphatic heterocycles. The number of rotatable bonds is 4. The van der Waals surface area contributed by atoms with Crippen LogP contribution in [0.5, 0.6) is 11.5 Å². The first-order valence-electron chi connectivity index (χ1n) is 7.76. The zero-order valence-electron chi connectivity index (χ0n) is 14.5. The zero-order valence-corrected chi connectivity index (χ0v) is 15.3. The van der Waals surface area contributed by atoms with E-state index in [9.17, 15) is 9.18 Å². The summed E-state index contributed by atoms with van der Waals surface area (Å²) in [6, 6.07) is 11.5. The molecule has 0 atom stereocenters. The summed E-state index contributed by atoms with van der Waals surface area (Å²) in [5, 5.41) is 0.410. The summed E-state index contributed by atoms with van der Waals surface area (Å²) in [5.41, 5.74) is 0.901. The molecule has 7 heteroatoms. The van der Waals surface area contributed by atoms with Crippen molar-refractivity contribution in [3.8, 4) is 11.5 Å². The molecule has 0 radical (unpaired) electrons. The molecule has 0 aliphatic carbocycles. The van der Waals surface area contributed by atoms with Crippen LogP contribution in [0.2, 0.25) is 0 Å². The van der Waals surface area contributed by atoms with Crippen molar-refractivity contribution in [1.29, 1.82) is 0 Å². The predicted molar refractivity (Wildman–Crippen MR) is 101 cm³/mol. The number of likely N-dealkylation sites (N-methyl/N-ethyl adjacent to an activating group) is 1. The van der Waals surface area contributed by atoms with Crippen LogP contribution in [0.15, 0.2) is 52.4 Å². The van der Waals surface area contributed by atoms with E-state index in [2.05, 4.69) is 4.99 Å². The molecular formula is C19H17FN2O3S. The summed E-state index contributed by atoms with van der Waals surface area (Å²) in [6.07, 6.45) is 1.72. The largest absolute Gasteiger partial charge is 0.497 e. The highest BCUT2D eigenvalue weighted by Gasteiger charge is 2.30. The van der Waals surface area contributed by atoms with Crippen molar-refractivity contribution in [2.24, 2.45) is 4.99 Å². The molecule has 134 valence electrons. The molecule has 3 rings (SSSR count). The first kappa shape index (κ1) is 18.0. The van der Waals surface area contributed by atoms with Gasteiger partial charge in [0.2, 0.25) is 0 Å². The minimum absolute atomic E-state index is 0.190. The number of benzene rings is 2. The third-order valence-corrected chi connectivity index (χ3v) is 4.86. The standard InChI is InChI=1S/C19H17FN2O3S/c1-22-18(23)17(11-12-10-13(24-2)8-9-16(12)25-3)26-19(22)21-15-7-5-4-6-14(15)20/h4-11H,1-3H3/b17-11+,21-19?. The van der Waals surface area contributed by atoms with Gasteiger partial charge in [-0.3, -0.25) is 9.69 Å². The van der Waals surface area contributed by atoms with Crippen LogP contribution >= 0.6 is 11.8 Å². The molecule has 1 amide bonds. The van der Waals surface area contributed by atoms with E-state index >= 15 is 0 Å². The highest BCUT2D eigenvalue weighted by Crippen LogP contribution is 2.35. The lowest BCUT2D eigenvalue weighted by Crippen LogP contribution is -2.23. The summed E-state index contributed by atoms with van der Waals surface area (Å²) in [5.74, 6) is 0.624. The monoisotopic (exact) mass is 372 g/mol. The Labute approximate surface area is 155 Å². The van der Waals surface area contributed by atoms with Gasteiger partial charge in [0.1, 0.15) is 23.0 Å². The number of hydrogen-bond donors (Lipinski definition) is 0. The Morgan fingerprint density at radius 2 is 1.92 bits per heavy atom. The SMILES string of the molecule is COc1ccc(OC)c(/C=C2/SC(=Nc3ccccc3F)N(C)C2=O)c1. The summed E-state index contributed by atoms with van der Waals surface area (Å²) in [6.45, 7) is 0. The maximum Gasteiger partial charge on any atom is 0.266 e. The maximum atomic E-state index is 13.8. The number of hydrogen-bond acceptors (Lipinski definition) is 5. The minimum Gasteiger partial charge on any atom is -0.497 e. The molecule has 2 aromatic rings. The Balaban J connectivity index is 1.97. The van der Waals surface area contributed by atoms with E-state index < -0.39 is 5.82 Å². The van der Waals surface area contributed by atoms with Gasteiger partial charge >= 0.3 is 0 Å². The fraction of sp³-hybridized carbons (Fsp3) is 0.158. The Bertz CT molecular complexity index is 911. The van der Waals surface area contributed by atoms with E-state index in [1.807, 2.05) is 0 Å². The lowest BCUT2D eigenvalue weighted by molar-refractivity contribution is -0.121. The normalized spacial score (nSPS) is 17.2. The smallest absolute Gasteiger partial charge is 0.266 e. The van der Waals surface area contributed by atoms with Gasteiger partial charge in [-0.1, -0.05) is 12.1 Å². The van der Waals surface area contributed by atoms with E-state index in [-0.39, 0.29) is 11.6 Å². The molecular weight excluding hydrogens is 355 g/mol. The van der Waals surface area contributed by atoms with Crippen molar-refractivity contribution in [2.75, 3.05) is 21.3 Å². The highest BCUT2D eigenvalue weighted by molar-refractivity contribution is 8.18. The lowest BCUT2D eigenvalue weighted by atomic mass is 10.1. The molecule has 5 nitrogen and oxygen atoms in total. The number of carbonyl (C=O) groups excluding carboxylic acids is 1. The number of para-hydroxylation sites is 1. The van der Waals surface area contributed by atoms with Gasteiger partial charge < -0.3 is 9.47 Å². The average Bonchev–Trinajstić information content (AvgIpc) is 2.91. The van der Waals surface area contributed by atoms with Gasteiger partial charge in [0.25, 0.3) is 5.91 Å². The molecule has 2 aromatic carbocycles. The number of carbonyl (C=O) groups is 1. The third kappa shape index (κ3) is 3.57. The molecule has 1 aliphatic rings. The first-order valence-corrected chi connectivity index (χ1v) is 8.58. The van der Waals surface area contributed by atoms with Gasteiger partial charge in [0.15, 0.2) is 5.17 Å². The minimum atomic E-state index is -0.437. The topological polar surface area (TPSA) is 51.1 Å². The van der Waals surface area contributed by atoms with Gasteiger partial charge in [-0.15, -0.1) is 0 Å². The van der Waals surface area contributed by atoms with E-state index in [1.54, 1.807) is 63.7 Å². The maximum absolute atomic E-state index is 13.8. The second-order valence-corrected chi connectivity index (χ2v) is 6.44. The van der Waals surface area contributed by atoms with Crippen LogP contribution in [0.1, 0.15) is 5.56 Å². The molecule has 0 bridgehead atoms. The number of ether oxygens (including phenoxy) is 2. The van der Waals surface area contributed by atoms with Crippen molar-refractivity contribution >= 4 is 34.6 Å². The summed E-state index contributed by atoms with van der Waals surface area (Å²) in [4.78, 5) is 18.7. The number of thioether (sulfide) groups is 1. The van der Waals surface area contributed by atoms with Crippen molar-refractivity contribution in [2.45, 2.75) is 0 Å². The average molecular weight is 372 g/mol. The lowest BCUT2D eigenvalue weighted by Gasteiger charge is -2.08. The number of amidine groups is 1. The van der Waals surface area contributed by atoms with Crippen LogP contribution in [0.3, 0.4) is 0 Å². The van der Waals surface area contributed by atoms with Gasteiger partial charge in [0.05, 0.1) is 19.1 Å². The van der Waals surface area contributed by atoms with Crippen LogP contribution in [-0.4, -0.2) is 37.2 Å². The van der Waals surface area contributed by atoms with Crippen molar-refractivity contribution in [1.82, 2.24) is 4.90 Å². The number of halogens is 1. The Hall–Kier alpha value is -2.80. The third-order valence-electron chi connectivity index (χ3n) is 3.80. The van der Waals surface area contributed by atoms with E-state index in [4.69, 9.17) is 9.47 Å². The molecule has 26 heavy (non-hydrogen) atoms. The van der Waals surface area contributed by atoms with Crippen molar-refractivity contribution in [3.05, 3.63) is 58.8 Å². The number of methoxy groups -OCH3 is 2. The van der Waals surface area contributed by atoms with Gasteiger partial charge in [-0.05, 0) is 48.2 Å². The molecule has 0 N–H and O–H groups in total. The number of aliphatic imine (C=N–C) groups is 1. The molecule has 1 fully saturated rings. The fourth-order valence-electron chi connectivity index (χ4n) is 2.39. The number of amides is 1. The summed E-state index contributed by atoms with van der Waals surface area (Å²) in [7, 11) is 4.74. The Kier molecular flexibility index (Phi) is 5.27. The zero-order chi connectivity index (χ0) is 18.7. The van der Waals surface area contributed by atoms with Gasteiger partial charge in [0, 0.05) is 12.6 Å². The van der Waals surface area contributed by atoms with Crippen LogP contribution in [0.25, 0.3) is 6.08 Å². The second kappa shape index (κ2) is 7.61. The van der Waals surface area contributed by atoms with Gasteiger partial charge in [-0.2, -0.15) is 0 Å². The van der Waals surface area contributed by atoms with E-state index in [0.29, 0.717) is 27.1 Å². The van der Waals surface area contributed by atoms with E-state index in [1.165, 1.54) is 22.7 Å². The van der Waals surface area contributed by atoms with Crippen LogP contribution in [0, 0.1) is 5.82 Å². The molecule has 1 saturated heterocycles. The fourth-order valence-corrected chi connectivity index (χ4v) is 3.36. The predicted octanol–water partition coefficient (Wildman–Crippen LogP) is 4.08. The Morgan fingerprint density at radius 1 is 1.15 bits per heavy atom. The van der Waals surface area contributed by atoms with Crippen LogP contribution in [-0.2, 0) is 4.79 Å². The van der Waals surface area contributed by atoms with Crippen molar-refractivity contribution in [3.63, 3.8) is 0 Å². The first-order chi connectivity index (χ1) is 12.5. The molecule has 1 heterocycles. The summed E-state index contributed by atoms with van der Waals surface area (Å²) < 4.78 is 24.4. The van der Waals surface area contributed by atoms with Crippen LogP contribution < -0.4 is 9.47 Å². The quantitative estimate of drug-likeness (QED) is 0.759. The van der Waals surface area contributed by atoms with Gasteiger partial charge in [-0.25, -0.2) is 9.38 Å². The molecule has 0 unspecified atom stereocenters. The Morgan fingerprint density at radius 3 is 2.62 bits per heavy atom. The molecule has 0 aromatic heterocycles. The van der Waals surface area contributed by atoms with E-state index in [0.717, 1.165) is 0 Å². The molecule has 0 saturated carbocycles. The highest BCUT2D eigenvalue weighted by atomic mass is 32.2. The summed E-state index contributed by atoms with van der Waals surface area (Å²) >= 11 is 1.18. The molecule has 0 spiro atoms. The second-order valence-electron chi connectivity index (χ2n) is 5.43. The number of nitrogens with zero attached hydrogens (tertiary/aromatic N) is 2. The van der Waals surface area contributed by atoms with Crippen molar-refractivity contribution < 1.29 is 18.7 Å². The van der Waals surface area contributed by atoms with Crippen LogP contribution in [0.4, 0.5) is 10.1 Å².